The number of aromatic nitrogens is 2. The van der Waals surface area contributed by atoms with E-state index in [4.69, 9.17) is 5.11 Å². The van der Waals surface area contributed by atoms with Crippen molar-refractivity contribution in [1.29, 1.82) is 0 Å². The van der Waals surface area contributed by atoms with Crippen LogP contribution in [0.4, 0.5) is 0 Å². The molecule has 1 aliphatic carbocycles. The molecule has 5 nitrogen and oxygen atoms in total. The second-order valence-corrected chi connectivity index (χ2v) is 6.10. The van der Waals surface area contributed by atoms with Gasteiger partial charge in [-0.1, -0.05) is 0 Å². The molecule has 0 bridgehead atoms. The van der Waals surface area contributed by atoms with Crippen molar-refractivity contribution in [2.24, 2.45) is 0 Å². The zero-order valence-electron chi connectivity index (χ0n) is 13.2. The molecule has 1 aromatic rings. The Morgan fingerprint density at radius 2 is 2.10 bits per heavy atom. The topological polar surface area (TPSA) is 53.3 Å². The van der Waals surface area contributed by atoms with Crippen LogP contribution in [-0.4, -0.2) is 52.6 Å². The van der Waals surface area contributed by atoms with E-state index in [0.717, 1.165) is 12.2 Å². The SMILES string of the molecule is Cc1nn(CCO)c(C)c1CNC1CCC(N(C)C)C1. The van der Waals surface area contributed by atoms with E-state index in [2.05, 4.69) is 43.3 Å². The number of nitrogens with zero attached hydrogens (tertiary/aromatic N) is 3. The fourth-order valence-electron chi connectivity index (χ4n) is 3.16. The van der Waals surface area contributed by atoms with Crippen molar-refractivity contribution in [3.63, 3.8) is 0 Å². The summed E-state index contributed by atoms with van der Waals surface area (Å²) < 4.78 is 1.91. The quantitative estimate of drug-likeness (QED) is 0.818. The van der Waals surface area contributed by atoms with Gasteiger partial charge in [0.25, 0.3) is 0 Å². The van der Waals surface area contributed by atoms with Gasteiger partial charge in [0.2, 0.25) is 0 Å². The Bertz CT molecular complexity index is 441. The van der Waals surface area contributed by atoms with Crippen LogP contribution in [0.3, 0.4) is 0 Å². The summed E-state index contributed by atoms with van der Waals surface area (Å²) >= 11 is 0. The lowest BCUT2D eigenvalue weighted by molar-refractivity contribution is 0.267. The third kappa shape index (κ3) is 3.40. The highest BCUT2D eigenvalue weighted by molar-refractivity contribution is 5.24. The van der Waals surface area contributed by atoms with E-state index in [1.807, 2.05) is 4.68 Å². The molecule has 2 rings (SSSR count). The summed E-state index contributed by atoms with van der Waals surface area (Å²) in [7, 11) is 4.33. The zero-order valence-corrected chi connectivity index (χ0v) is 13.2. The Balaban J connectivity index is 1.91. The second-order valence-electron chi connectivity index (χ2n) is 6.10. The average Bonchev–Trinajstić information content (AvgIpc) is 2.95. The Hall–Kier alpha value is -0.910. The predicted molar refractivity (Wildman–Crippen MR) is 80.7 cm³/mol. The Morgan fingerprint density at radius 1 is 1.35 bits per heavy atom. The van der Waals surface area contributed by atoms with E-state index in [0.29, 0.717) is 18.6 Å². The van der Waals surface area contributed by atoms with E-state index >= 15 is 0 Å². The van der Waals surface area contributed by atoms with Gasteiger partial charge in [0, 0.05) is 29.9 Å². The van der Waals surface area contributed by atoms with Crippen molar-refractivity contribution in [2.75, 3.05) is 20.7 Å². The molecule has 0 aromatic carbocycles. The molecule has 0 amide bonds. The van der Waals surface area contributed by atoms with Crippen LogP contribution in [0.1, 0.15) is 36.2 Å². The molecule has 0 aliphatic heterocycles. The van der Waals surface area contributed by atoms with Gasteiger partial charge in [-0.05, 0) is 47.2 Å². The van der Waals surface area contributed by atoms with Gasteiger partial charge in [-0.15, -0.1) is 0 Å². The molecule has 1 fully saturated rings. The van der Waals surface area contributed by atoms with Gasteiger partial charge >= 0.3 is 0 Å². The average molecular weight is 280 g/mol. The first kappa shape index (κ1) is 15.5. The van der Waals surface area contributed by atoms with E-state index in [-0.39, 0.29) is 6.61 Å². The van der Waals surface area contributed by atoms with E-state index < -0.39 is 0 Å². The maximum Gasteiger partial charge on any atom is 0.0644 e. The van der Waals surface area contributed by atoms with Crippen LogP contribution < -0.4 is 5.32 Å². The van der Waals surface area contributed by atoms with Crippen LogP contribution in [-0.2, 0) is 13.1 Å². The highest BCUT2D eigenvalue weighted by Crippen LogP contribution is 2.23. The van der Waals surface area contributed by atoms with Crippen molar-refractivity contribution in [2.45, 2.75) is 58.3 Å². The molecule has 20 heavy (non-hydrogen) atoms. The standard InChI is InChI=1S/C15H28N4O/c1-11-15(12(2)19(17-11)7-8-20)10-16-13-5-6-14(9-13)18(3)4/h13-14,16,20H,5-10H2,1-4H3. The summed E-state index contributed by atoms with van der Waals surface area (Å²) in [5.41, 5.74) is 3.53. The van der Waals surface area contributed by atoms with Gasteiger partial charge in [-0.2, -0.15) is 5.10 Å². The number of aryl methyl sites for hydroxylation is 1. The van der Waals surface area contributed by atoms with Crippen LogP contribution in [0.15, 0.2) is 0 Å². The first-order chi connectivity index (χ1) is 9.52. The van der Waals surface area contributed by atoms with Gasteiger partial charge in [-0.25, -0.2) is 0 Å². The number of hydrogen-bond acceptors (Lipinski definition) is 4. The lowest BCUT2D eigenvalue weighted by atomic mass is 10.1. The molecule has 1 aliphatic rings. The molecule has 2 unspecified atom stereocenters. The van der Waals surface area contributed by atoms with Crippen LogP contribution in [0.2, 0.25) is 0 Å². The van der Waals surface area contributed by atoms with Crippen LogP contribution in [0.25, 0.3) is 0 Å². The van der Waals surface area contributed by atoms with Gasteiger partial charge in [-0.3, -0.25) is 4.68 Å². The second kappa shape index (κ2) is 6.70. The Morgan fingerprint density at radius 3 is 2.70 bits per heavy atom. The number of rotatable bonds is 6. The van der Waals surface area contributed by atoms with Crippen molar-refractivity contribution in [1.82, 2.24) is 20.0 Å². The molecule has 5 heteroatoms. The van der Waals surface area contributed by atoms with Crippen molar-refractivity contribution >= 4 is 0 Å². The van der Waals surface area contributed by atoms with Crippen molar-refractivity contribution in [3.05, 3.63) is 17.0 Å². The third-order valence-corrected chi connectivity index (χ3v) is 4.55. The zero-order chi connectivity index (χ0) is 14.7. The molecule has 1 heterocycles. The van der Waals surface area contributed by atoms with Gasteiger partial charge in [0.1, 0.15) is 0 Å². The maximum absolute atomic E-state index is 9.05. The lowest BCUT2D eigenvalue weighted by Crippen LogP contribution is -2.30. The summed E-state index contributed by atoms with van der Waals surface area (Å²) in [6, 6.07) is 1.33. The molecule has 0 spiro atoms. The number of aliphatic hydroxyl groups excluding tert-OH is 1. The lowest BCUT2D eigenvalue weighted by Gasteiger charge is -2.19. The largest absolute Gasteiger partial charge is 0.394 e. The smallest absolute Gasteiger partial charge is 0.0644 e. The first-order valence-electron chi connectivity index (χ1n) is 7.56. The summed E-state index contributed by atoms with van der Waals surface area (Å²) in [5, 5.41) is 17.2. The van der Waals surface area contributed by atoms with Crippen LogP contribution in [0.5, 0.6) is 0 Å². The summed E-state index contributed by atoms with van der Waals surface area (Å²) in [6.45, 7) is 5.74. The van der Waals surface area contributed by atoms with Gasteiger partial charge in [0.15, 0.2) is 0 Å². The van der Waals surface area contributed by atoms with Gasteiger partial charge < -0.3 is 15.3 Å². The summed E-state index contributed by atoms with van der Waals surface area (Å²) in [6.07, 6.45) is 3.77. The number of hydrogen-bond donors (Lipinski definition) is 2. The first-order valence-corrected chi connectivity index (χ1v) is 7.56. The molecule has 0 saturated heterocycles. The molecular weight excluding hydrogens is 252 g/mol. The van der Waals surface area contributed by atoms with E-state index in [1.165, 1.54) is 30.5 Å². The molecule has 1 saturated carbocycles. The maximum atomic E-state index is 9.05. The fraction of sp³-hybridized carbons (Fsp3) is 0.800. The minimum atomic E-state index is 0.141. The van der Waals surface area contributed by atoms with E-state index in [1.54, 1.807) is 0 Å². The number of aliphatic hydroxyl groups is 1. The molecule has 2 N–H and O–H groups in total. The summed E-state index contributed by atoms with van der Waals surface area (Å²) in [5.74, 6) is 0. The number of nitrogens with one attached hydrogen (secondary N) is 1. The normalized spacial score (nSPS) is 22.9. The molecule has 1 aromatic heterocycles. The van der Waals surface area contributed by atoms with Crippen LogP contribution in [0, 0.1) is 13.8 Å². The molecule has 114 valence electrons. The highest BCUT2D eigenvalue weighted by atomic mass is 16.3. The van der Waals surface area contributed by atoms with Gasteiger partial charge in [0.05, 0.1) is 18.8 Å². The Kier molecular flexibility index (Phi) is 5.18. The van der Waals surface area contributed by atoms with Crippen molar-refractivity contribution < 1.29 is 5.11 Å². The van der Waals surface area contributed by atoms with E-state index in [9.17, 15) is 0 Å². The minimum Gasteiger partial charge on any atom is -0.394 e. The monoisotopic (exact) mass is 280 g/mol. The predicted octanol–water partition coefficient (Wildman–Crippen LogP) is 1.06. The summed E-state index contributed by atoms with van der Waals surface area (Å²) in [4.78, 5) is 2.33. The highest BCUT2D eigenvalue weighted by Gasteiger charge is 2.26. The van der Waals surface area contributed by atoms with Crippen LogP contribution >= 0.6 is 0 Å². The minimum absolute atomic E-state index is 0.141. The molecular formula is C15H28N4O. The molecule has 0 radical (unpaired) electrons. The molecule has 2 atom stereocenters. The fourth-order valence-corrected chi connectivity index (χ4v) is 3.16. The van der Waals surface area contributed by atoms with Crippen molar-refractivity contribution in [3.8, 4) is 0 Å². The Labute approximate surface area is 122 Å². The third-order valence-electron chi connectivity index (χ3n) is 4.55.